The number of carbonyl (C=O) groups is 2. The van der Waals surface area contributed by atoms with Crippen molar-refractivity contribution in [3.63, 3.8) is 0 Å². The van der Waals surface area contributed by atoms with Gasteiger partial charge in [0.1, 0.15) is 5.75 Å². The van der Waals surface area contributed by atoms with Crippen molar-refractivity contribution in [2.45, 2.75) is 84.0 Å². The molecular weight excluding hydrogens is 400 g/mol. The molecule has 0 fully saturated rings. The van der Waals surface area contributed by atoms with Crippen LogP contribution in [-0.2, 0) is 14.3 Å². The lowest BCUT2D eigenvalue weighted by Gasteiger charge is -2.10. The van der Waals surface area contributed by atoms with E-state index in [2.05, 4.69) is 6.92 Å². The Labute approximate surface area is 193 Å². The number of ether oxygens (including phenoxy) is 2. The van der Waals surface area contributed by atoms with E-state index >= 15 is 0 Å². The highest BCUT2D eigenvalue weighted by atomic mass is 16.5. The molecule has 0 radical (unpaired) electrons. The van der Waals surface area contributed by atoms with Gasteiger partial charge in [-0.2, -0.15) is 0 Å². The van der Waals surface area contributed by atoms with Crippen LogP contribution >= 0.6 is 0 Å². The van der Waals surface area contributed by atoms with Gasteiger partial charge < -0.3 is 9.47 Å². The van der Waals surface area contributed by atoms with Crippen molar-refractivity contribution in [1.82, 2.24) is 0 Å². The second-order valence-corrected chi connectivity index (χ2v) is 8.24. The van der Waals surface area contributed by atoms with Gasteiger partial charge in [0.25, 0.3) is 0 Å². The van der Waals surface area contributed by atoms with Crippen molar-refractivity contribution >= 4 is 11.9 Å². The molecule has 0 saturated heterocycles. The highest BCUT2D eigenvalue weighted by molar-refractivity contribution is 5.78. The van der Waals surface area contributed by atoms with Gasteiger partial charge in [-0.05, 0) is 30.9 Å². The van der Waals surface area contributed by atoms with Gasteiger partial charge in [-0.15, -0.1) is 0 Å². The summed E-state index contributed by atoms with van der Waals surface area (Å²) in [6.07, 6.45) is 11.7. The molecular formula is C28H38O4. The first-order chi connectivity index (χ1) is 15.7. The second kappa shape index (κ2) is 16.1. The Morgan fingerprint density at radius 1 is 0.656 bits per heavy atom. The van der Waals surface area contributed by atoms with Gasteiger partial charge >= 0.3 is 11.9 Å². The van der Waals surface area contributed by atoms with Gasteiger partial charge in [-0.3, -0.25) is 9.59 Å². The molecule has 0 aromatic heterocycles. The number of para-hydroxylation sites is 1. The minimum absolute atomic E-state index is 0.171. The molecule has 4 nitrogen and oxygen atoms in total. The Morgan fingerprint density at radius 3 is 1.97 bits per heavy atom. The third kappa shape index (κ3) is 10.6. The number of hydrogen-bond acceptors (Lipinski definition) is 4. The van der Waals surface area contributed by atoms with E-state index in [1.165, 1.54) is 38.5 Å². The van der Waals surface area contributed by atoms with E-state index in [0.717, 1.165) is 24.0 Å². The van der Waals surface area contributed by atoms with Crippen LogP contribution in [0.25, 0.3) is 11.1 Å². The van der Waals surface area contributed by atoms with Crippen LogP contribution in [0.4, 0.5) is 0 Å². The maximum absolute atomic E-state index is 12.3. The molecule has 0 unspecified atom stereocenters. The summed E-state index contributed by atoms with van der Waals surface area (Å²) in [5, 5.41) is 0. The van der Waals surface area contributed by atoms with E-state index in [1.54, 1.807) is 0 Å². The number of rotatable bonds is 16. The van der Waals surface area contributed by atoms with Gasteiger partial charge in [0.15, 0.2) is 0 Å². The normalized spacial score (nSPS) is 10.7. The van der Waals surface area contributed by atoms with Crippen LogP contribution < -0.4 is 4.74 Å². The van der Waals surface area contributed by atoms with Crippen molar-refractivity contribution in [1.29, 1.82) is 0 Å². The fourth-order valence-electron chi connectivity index (χ4n) is 3.62. The van der Waals surface area contributed by atoms with Crippen molar-refractivity contribution in [3.8, 4) is 16.9 Å². The topological polar surface area (TPSA) is 52.6 Å². The van der Waals surface area contributed by atoms with E-state index in [9.17, 15) is 9.59 Å². The van der Waals surface area contributed by atoms with Gasteiger partial charge in [-0.1, -0.05) is 100 Å². The first-order valence-electron chi connectivity index (χ1n) is 12.2. The lowest BCUT2D eigenvalue weighted by atomic mass is 10.0. The number of hydrogen-bond donors (Lipinski definition) is 0. The number of carbonyl (C=O) groups excluding carboxylic acids is 2. The van der Waals surface area contributed by atoms with E-state index in [4.69, 9.17) is 9.47 Å². The van der Waals surface area contributed by atoms with Gasteiger partial charge in [0.2, 0.25) is 0 Å². The molecule has 0 amide bonds. The molecule has 2 rings (SSSR count). The molecule has 0 atom stereocenters. The average molecular weight is 439 g/mol. The monoisotopic (exact) mass is 438 g/mol. The summed E-state index contributed by atoms with van der Waals surface area (Å²) in [5.74, 6) is 0.116. The predicted octanol–water partition coefficient (Wildman–Crippen LogP) is 7.50. The smallest absolute Gasteiger partial charge is 0.311 e. The highest BCUT2D eigenvalue weighted by Gasteiger charge is 2.11. The Hall–Kier alpha value is -2.62. The summed E-state index contributed by atoms with van der Waals surface area (Å²) >= 11 is 0. The molecule has 4 heteroatoms. The number of unbranched alkanes of at least 4 members (excludes halogenated alkanes) is 8. The molecule has 0 aliphatic heterocycles. The van der Waals surface area contributed by atoms with Crippen LogP contribution in [0.5, 0.6) is 5.75 Å². The summed E-state index contributed by atoms with van der Waals surface area (Å²) in [6, 6.07) is 17.4. The van der Waals surface area contributed by atoms with Gasteiger partial charge in [0, 0.05) is 18.4 Å². The largest absolute Gasteiger partial charge is 0.466 e. The minimum Gasteiger partial charge on any atom is -0.466 e. The molecule has 2 aromatic carbocycles. The van der Waals surface area contributed by atoms with E-state index in [1.807, 2.05) is 54.6 Å². The van der Waals surface area contributed by atoms with Crippen LogP contribution in [0.2, 0.25) is 0 Å². The maximum Gasteiger partial charge on any atom is 0.311 e. The third-order valence-electron chi connectivity index (χ3n) is 5.47. The van der Waals surface area contributed by atoms with Crippen LogP contribution in [0, 0.1) is 0 Å². The molecule has 174 valence electrons. The summed E-state index contributed by atoms with van der Waals surface area (Å²) in [7, 11) is 0. The van der Waals surface area contributed by atoms with E-state index in [0.29, 0.717) is 31.6 Å². The van der Waals surface area contributed by atoms with E-state index in [-0.39, 0.29) is 18.4 Å². The van der Waals surface area contributed by atoms with Crippen molar-refractivity contribution < 1.29 is 19.1 Å². The fourth-order valence-corrected chi connectivity index (χ4v) is 3.62. The molecule has 0 heterocycles. The van der Waals surface area contributed by atoms with Crippen LogP contribution in [0.3, 0.4) is 0 Å². The zero-order valence-electron chi connectivity index (χ0n) is 19.5. The first kappa shape index (κ1) is 25.6. The zero-order valence-corrected chi connectivity index (χ0v) is 19.5. The third-order valence-corrected chi connectivity index (χ3v) is 5.47. The molecule has 0 N–H and O–H groups in total. The number of benzene rings is 2. The summed E-state index contributed by atoms with van der Waals surface area (Å²) < 4.78 is 10.9. The molecule has 0 saturated carbocycles. The van der Waals surface area contributed by atoms with Crippen LogP contribution in [0.1, 0.15) is 84.0 Å². The summed E-state index contributed by atoms with van der Waals surface area (Å²) in [4.78, 5) is 24.1. The summed E-state index contributed by atoms with van der Waals surface area (Å²) in [6.45, 7) is 2.73. The molecule has 2 aromatic rings. The van der Waals surface area contributed by atoms with Crippen molar-refractivity contribution in [2.24, 2.45) is 0 Å². The molecule has 32 heavy (non-hydrogen) atoms. The number of esters is 2. The summed E-state index contributed by atoms with van der Waals surface area (Å²) in [5.41, 5.74) is 1.90. The molecule has 0 aliphatic carbocycles. The lowest BCUT2D eigenvalue weighted by Crippen LogP contribution is -2.09. The van der Waals surface area contributed by atoms with Gasteiger partial charge in [0.05, 0.1) is 6.61 Å². The standard InChI is InChI=1S/C28H38O4/c1-2-3-4-5-6-7-8-16-23-31-27(29)21-14-15-22-28(30)32-26-20-13-12-19-25(26)24-17-10-9-11-18-24/h9-13,17-20H,2-8,14-16,21-23H2,1H3. The Bertz CT molecular complexity index is 785. The molecule has 0 spiro atoms. The fraction of sp³-hybridized carbons (Fsp3) is 0.500. The SMILES string of the molecule is CCCCCCCCCCOC(=O)CCCCC(=O)Oc1ccccc1-c1ccccc1. The van der Waals surface area contributed by atoms with Crippen LogP contribution in [0.15, 0.2) is 54.6 Å². The van der Waals surface area contributed by atoms with Crippen molar-refractivity contribution in [2.75, 3.05) is 6.61 Å². The Balaban J connectivity index is 1.55. The second-order valence-electron chi connectivity index (χ2n) is 8.24. The van der Waals surface area contributed by atoms with Crippen molar-refractivity contribution in [3.05, 3.63) is 54.6 Å². The van der Waals surface area contributed by atoms with Crippen LogP contribution in [-0.4, -0.2) is 18.5 Å². The Morgan fingerprint density at radius 2 is 1.25 bits per heavy atom. The lowest BCUT2D eigenvalue weighted by molar-refractivity contribution is -0.144. The Kier molecular flexibility index (Phi) is 12.9. The predicted molar refractivity (Wildman–Crippen MR) is 130 cm³/mol. The molecule has 0 aliphatic rings. The molecule has 0 bridgehead atoms. The van der Waals surface area contributed by atoms with E-state index < -0.39 is 0 Å². The minimum atomic E-state index is -0.277. The maximum atomic E-state index is 12.3. The van der Waals surface area contributed by atoms with Gasteiger partial charge in [-0.25, -0.2) is 0 Å². The highest BCUT2D eigenvalue weighted by Crippen LogP contribution is 2.29. The zero-order chi connectivity index (χ0) is 22.9. The first-order valence-corrected chi connectivity index (χ1v) is 12.2. The quantitative estimate of drug-likeness (QED) is 0.155. The average Bonchev–Trinajstić information content (AvgIpc) is 2.82.